The summed E-state index contributed by atoms with van der Waals surface area (Å²) in [6.07, 6.45) is 0.174. The molecule has 0 spiro atoms. The van der Waals surface area contributed by atoms with Gasteiger partial charge in [-0.2, -0.15) is 0 Å². The largest absolute Gasteiger partial charge is 0.356 e. The van der Waals surface area contributed by atoms with Crippen LogP contribution in [0.25, 0.3) is 11.1 Å². The van der Waals surface area contributed by atoms with Gasteiger partial charge in [0.05, 0.1) is 11.3 Å². The molecule has 2 amide bonds. The van der Waals surface area contributed by atoms with Crippen LogP contribution in [0.4, 0.5) is 5.88 Å². The SMILES string of the molecule is CC(=O)NCCC(=O)Nc1onc(C)c1-c1ccccc1. The Balaban J connectivity index is 2.08. The second-order valence-electron chi connectivity index (χ2n) is 4.62. The smallest absolute Gasteiger partial charge is 0.239 e. The Morgan fingerprint density at radius 1 is 1.24 bits per heavy atom. The molecule has 2 rings (SSSR count). The van der Waals surface area contributed by atoms with Crippen LogP contribution >= 0.6 is 0 Å². The molecule has 21 heavy (non-hydrogen) atoms. The molecule has 0 atom stereocenters. The predicted molar refractivity (Wildman–Crippen MR) is 78.6 cm³/mol. The fraction of sp³-hybridized carbons (Fsp3) is 0.267. The first-order chi connectivity index (χ1) is 10.1. The van der Waals surface area contributed by atoms with Gasteiger partial charge in [-0.05, 0) is 12.5 Å². The Morgan fingerprint density at radius 2 is 1.95 bits per heavy atom. The maximum absolute atomic E-state index is 11.8. The Morgan fingerprint density at radius 3 is 2.62 bits per heavy atom. The summed E-state index contributed by atoms with van der Waals surface area (Å²) in [5.74, 6) is -0.0770. The summed E-state index contributed by atoms with van der Waals surface area (Å²) in [6, 6.07) is 9.57. The minimum Gasteiger partial charge on any atom is -0.356 e. The maximum atomic E-state index is 11.8. The second kappa shape index (κ2) is 6.69. The van der Waals surface area contributed by atoms with Gasteiger partial charge in [0.1, 0.15) is 0 Å². The highest BCUT2D eigenvalue weighted by molar-refractivity contribution is 5.94. The molecule has 0 radical (unpaired) electrons. The number of aromatic nitrogens is 1. The van der Waals surface area contributed by atoms with Crippen molar-refractivity contribution in [2.24, 2.45) is 0 Å². The van der Waals surface area contributed by atoms with E-state index in [1.807, 2.05) is 37.3 Å². The highest BCUT2D eigenvalue weighted by atomic mass is 16.5. The van der Waals surface area contributed by atoms with E-state index in [0.29, 0.717) is 11.6 Å². The first kappa shape index (κ1) is 14.8. The molecule has 0 unspecified atom stereocenters. The van der Waals surface area contributed by atoms with Crippen LogP contribution in [0.1, 0.15) is 19.0 Å². The fourth-order valence-corrected chi connectivity index (χ4v) is 1.94. The zero-order chi connectivity index (χ0) is 15.2. The van der Waals surface area contributed by atoms with E-state index in [4.69, 9.17) is 4.52 Å². The van der Waals surface area contributed by atoms with Crippen molar-refractivity contribution in [3.05, 3.63) is 36.0 Å². The number of amides is 2. The number of nitrogens with one attached hydrogen (secondary N) is 2. The van der Waals surface area contributed by atoms with E-state index in [-0.39, 0.29) is 24.8 Å². The molecule has 0 saturated heterocycles. The number of rotatable bonds is 5. The monoisotopic (exact) mass is 287 g/mol. The third-order valence-corrected chi connectivity index (χ3v) is 2.90. The standard InChI is InChI=1S/C15H17N3O3/c1-10-14(12-6-4-3-5-7-12)15(21-18-10)17-13(20)8-9-16-11(2)19/h3-7H,8-9H2,1-2H3,(H,16,19)(H,17,20). The van der Waals surface area contributed by atoms with Crippen LogP contribution in [-0.2, 0) is 9.59 Å². The molecule has 110 valence electrons. The topological polar surface area (TPSA) is 84.2 Å². The van der Waals surface area contributed by atoms with E-state index in [1.165, 1.54) is 6.92 Å². The van der Waals surface area contributed by atoms with Crippen molar-refractivity contribution in [3.63, 3.8) is 0 Å². The number of aryl methyl sites for hydroxylation is 1. The number of carbonyl (C=O) groups is 2. The van der Waals surface area contributed by atoms with E-state index >= 15 is 0 Å². The first-order valence-electron chi connectivity index (χ1n) is 6.64. The molecule has 0 aliphatic carbocycles. The van der Waals surface area contributed by atoms with Crippen molar-refractivity contribution in [2.45, 2.75) is 20.3 Å². The molecule has 0 aliphatic rings. The minimum absolute atomic E-state index is 0.164. The maximum Gasteiger partial charge on any atom is 0.239 e. The van der Waals surface area contributed by atoms with E-state index in [1.54, 1.807) is 0 Å². The Labute approximate surface area is 122 Å². The van der Waals surface area contributed by atoms with E-state index in [0.717, 1.165) is 11.1 Å². The Kier molecular flexibility index (Phi) is 4.71. The van der Waals surface area contributed by atoms with Crippen molar-refractivity contribution in [1.29, 1.82) is 0 Å². The lowest BCUT2D eigenvalue weighted by Crippen LogP contribution is -2.25. The zero-order valence-corrected chi connectivity index (χ0v) is 12.0. The summed E-state index contributed by atoms with van der Waals surface area (Å²) in [4.78, 5) is 22.6. The average molecular weight is 287 g/mol. The molecule has 1 aromatic carbocycles. The molecule has 6 nitrogen and oxygen atoms in total. The van der Waals surface area contributed by atoms with Crippen LogP contribution in [-0.4, -0.2) is 23.5 Å². The van der Waals surface area contributed by atoms with Gasteiger partial charge in [0, 0.05) is 19.9 Å². The van der Waals surface area contributed by atoms with Crippen molar-refractivity contribution in [1.82, 2.24) is 10.5 Å². The molecular formula is C15H17N3O3. The molecule has 1 heterocycles. The van der Waals surface area contributed by atoms with Gasteiger partial charge in [0.2, 0.25) is 17.7 Å². The summed E-state index contributed by atoms with van der Waals surface area (Å²) in [7, 11) is 0. The molecule has 2 N–H and O–H groups in total. The van der Waals surface area contributed by atoms with Crippen LogP contribution < -0.4 is 10.6 Å². The molecule has 0 saturated carbocycles. The number of nitrogens with zero attached hydrogens (tertiary/aromatic N) is 1. The highest BCUT2D eigenvalue weighted by Crippen LogP contribution is 2.31. The Bertz CT molecular complexity index is 635. The van der Waals surface area contributed by atoms with Gasteiger partial charge in [-0.3, -0.25) is 14.9 Å². The van der Waals surface area contributed by atoms with Gasteiger partial charge in [-0.15, -0.1) is 0 Å². The van der Waals surface area contributed by atoms with Crippen LogP contribution in [0, 0.1) is 6.92 Å². The summed E-state index contributed by atoms with van der Waals surface area (Å²) in [5, 5.41) is 9.15. The van der Waals surface area contributed by atoms with Gasteiger partial charge in [0.15, 0.2) is 0 Å². The number of carbonyl (C=O) groups excluding carboxylic acids is 2. The van der Waals surface area contributed by atoms with E-state index < -0.39 is 0 Å². The lowest BCUT2D eigenvalue weighted by atomic mass is 10.1. The lowest BCUT2D eigenvalue weighted by molar-refractivity contribution is -0.119. The van der Waals surface area contributed by atoms with Gasteiger partial charge >= 0.3 is 0 Å². The molecule has 6 heteroatoms. The summed E-state index contributed by atoms with van der Waals surface area (Å²) >= 11 is 0. The van der Waals surface area contributed by atoms with Gasteiger partial charge in [-0.25, -0.2) is 0 Å². The number of anilines is 1. The van der Waals surface area contributed by atoms with Crippen LogP contribution in [0.3, 0.4) is 0 Å². The molecule has 0 aliphatic heterocycles. The quantitative estimate of drug-likeness (QED) is 0.882. The molecule has 0 fully saturated rings. The summed E-state index contributed by atoms with van der Waals surface area (Å²) < 4.78 is 5.18. The van der Waals surface area contributed by atoms with Gasteiger partial charge in [0.25, 0.3) is 0 Å². The van der Waals surface area contributed by atoms with Crippen molar-refractivity contribution in [3.8, 4) is 11.1 Å². The first-order valence-corrected chi connectivity index (χ1v) is 6.64. The number of hydrogen-bond donors (Lipinski definition) is 2. The third-order valence-electron chi connectivity index (χ3n) is 2.90. The Hall–Kier alpha value is -2.63. The van der Waals surface area contributed by atoms with Crippen LogP contribution in [0.15, 0.2) is 34.9 Å². The third kappa shape index (κ3) is 3.92. The lowest BCUT2D eigenvalue weighted by Gasteiger charge is -2.05. The molecule has 2 aromatic rings. The molecule has 1 aromatic heterocycles. The zero-order valence-electron chi connectivity index (χ0n) is 12.0. The van der Waals surface area contributed by atoms with E-state index in [2.05, 4.69) is 15.8 Å². The predicted octanol–water partition coefficient (Wildman–Crippen LogP) is 2.11. The number of benzene rings is 1. The summed E-state index contributed by atoms with van der Waals surface area (Å²) in [6.45, 7) is 3.51. The minimum atomic E-state index is -0.239. The normalized spacial score (nSPS) is 10.2. The average Bonchev–Trinajstić information content (AvgIpc) is 2.80. The van der Waals surface area contributed by atoms with Crippen LogP contribution in [0.2, 0.25) is 0 Å². The second-order valence-corrected chi connectivity index (χ2v) is 4.62. The van der Waals surface area contributed by atoms with Gasteiger partial charge in [-0.1, -0.05) is 35.5 Å². The van der Waals surface area contributed by atoms with Crippen molar-refractivity contribution in [2.75, 3.05) is 11.9 Å². The van der Waals surface area contributed by atoms with Crippen molar-refractivity contribution < 1.29 is 14.1 Å². The van der Waals surface area contributed by atoms with Gasteiger partial charge < -0.3 is 9.84 Å². The molecule has 0 bridgehead atoms. The molecular weight excluding hydrogens is 270 g/mol. The van der Waals surface area contributed by atoms with Crippen molar-refractivity contribution >= 4 is 17.7 Å². The number of hydrogen-bond acceptors (Lipinski definition) is 4. The highest BCUT2D eigenvalue weighted by Gasteiger charge is 2.16. The van der Waals surface area contributed by atoms with E-state index in [9.17, 15) is 9.59 Å². The van der Waals surface area contributed by atoms with Crippen LogP contribution in [0.5, 0.6) is 0 Å². The summed E-state index contributed by atoms with van der Waals surface area (Å²) in [5.41, 5.74) is 2.40. The fourth-order valence-electron chi connectivity index (χ4n) is 1.94.